The third-order valence-corrected chi connectivity index (χ3v) is 3.31. The molecule has 2 rings (SSSR count). The molecule has 1 aliphatic heterocycles. The van der Waals surface area contributed by atoms with Crippen molar-refractivity contribution in [2.45, 2.75) is 25.3 Å². The molecule has 0 spiro atoms. The van der Waals surface area contributed by atoms with E-state index in [1.807, 2.05) is 0 Å². The number of carbonyl (C=O) groups is 1. The topological polar surface area (TPSA) is 32.3 Å². The molecule has 1 aromatic rings. The van der Waals surface area contributed by atoms with Crippen LogP contribution >= 0.6 is 0 Å². The van der Waals surface area contributed by atoms with Crippen LogP contribution in [0.15, 0.2) is 24.3 Å². The molecule has 1 heterocycles. The van der Waals surface area contributed by atoms with Crippen molar-refractivity contribution in [2.75, 3.05) is 20.1 Å². The highest BCUT2D eigenvalue weighted by molar-refractivity contribution is 5.76. The van der Waals surface area contributed by atoms with Crippen molar-refractivity contribution in [3.05, 3.63) is 35.6 Å². The Hall–Kier alpha value is -1.42. The number of aryl methyl sites for hydroxylation is 1. The first-order valence-corrected chi connectivity index (χ1v) is 6.36. The molecule has 98 valence electrons. The molecule has 0 bridgehead atoms. The second-order valence-corrected chi connectivity index (χ2v) is 4.94. The van der Waals surface area contributed by atoms with Crippen molar-refractivity contribution in [2.24, 2.45) is 0 Å². The van der Waals surface area contributed by atoms with Crippen LogP contribution in [0.2, 0.25) is 0 Å². The van der Waals surface area contributed by atoms with E-state index >= 15 is 0 Å². The largest absolute Gasteiger partial charge is 0.352 e. The number of carbonyl (C=O) groups excluding carboxylic acids is 1. The van der Waals surface area contributed by atoms with Crippen molar-refractivity contribution in [3.63, 3.8) is 0 Å². The first kappa shape index (κ1) is 13.0. The second kappa shape index (κ2) is 5.96. The molecule has 4 heteroatoms. The van der Waals surface area contributed by atoms with Gasteiger partial charge in [-0.1, -0.05) is 12.1 Å². The molecule has 1 atom stereocenters. The van der Waals surface area contributed by atoms with E-state index < -0.39 is 0 Å². The van der Waals surface area contributed by atoms with E-state index in [2.05, 4.69) is 17.3 Å². The molecule has 1 aliphatic rings. The average molecular weight is 250 g/mol. The lowest BCUT2D eigenvalue weighted by Gasteiger charge is -2.12. The van der Waals surface area contributed by atoms with E-state index in [9.17, 15) is 9.18 Å². The van der Waals surface area contributed by atoms with Gasteiger partial charge in [-0.25, -0.2) is 4.39 Å². The molecule has 0 saturated carbocycles. The predicted octanol–water partition coefficient (Wildman–Crippen LogP) is 1.58. The van der Waals surface area contributed by atoms with E-state index in [-0.39, 0.29) is 17.8 Å². The number of hydrogen-bond donors (Lipinski definition) is 1. The molecule has 0 radical (unpaired) electrons. The first-order chi connectivity index (χ1) is 8.63. The molecule has 1 amide bonds. The molecule has 1 N–H and O–H groups in total. The number of hydrogen-bond acceptors (Lipinski definition) is 2. The third kappa shape index (κ3) is 3.81. The monoisotopic (exact) mass is 250 g/mol. The lowest BCUT2D eigenvalue weighted by molar-refractivity contribution is -0.121. The van der Waals surface area contributed by atoms with Gasteiger partial charge in [0.25, 0.3) is 0 Å². The van der Waals surface area contributed by atoms with Gasteiger partial charge in [0.1, 0.15) is 5.82 Å². The number of rotatable bonds is 4. The Balaban J connectivity index is 1.73. The Morgan fingerprint density at radius 3 is 2.78 bits per heavy atom. The van der Waals surface area contributed by atoms with Crippen LogP contribution in [0.25, 0.3) is 0 Å². The Morgan fingerprint density at radius 2 is 2.17 bits per heavy atom. The number of nitrogens with zero attached hydrogens (tertiary/aromatic N) is 1. The maximum Gasteiger partial charge on any atom is 0.220 e. The van der Waals surface area contributed by atoms with Gasteiger partial charge in [0.15, 0.2) is 0 Å². The van der Waals surface area contributed by atoms with E-state index in [4.69, 9.17) is 0 Å². The maximum atomic E-state index is 12.7. The van der Waals surface area contributed by atoms with Crippen LogP contribution in [0.4, 0.5) is 4.39 Å². The van der Waals surface area contributed by atoms with Gasteiger partial charge in [0.05, 0.1) is 0 Å². The normalized spacial score (nSPS) is 20.0. The summed E-state index contributed by atoms with van der Waals surface area (Å²) < 4.78 is 12.7. The van der Waals surface area contributed by atoms with Crippen molar-refractivity contribution in [3.8, 4) is 0 Å². The summed E-state index contributed by atoms with van der Waals surface area (Å²) in [7, 11) is 2.06. The zero-order valence-corrected chi connectivity index (χ0v) is 10.7. The predicted molar refractivity (Wildman–Crippen MR) is 68.8 cm³/mol. The molecular weight excluding hydrogens is 231 g/mol. The van der Waals surface area contributed by atoms with E-state index in [1.165, 1.54) is 12.1 Å². The van der Waals surface area contributed by atoms with Crippen LogP contribution in [-0.2, 0) is 11.2 Å². The van der Waals surface area contributed by atoms with Crippen molar-refractivity contribution < 1.29 is 9.18 Å². The Kier molecular flexibility index (Phi) is 4.31. The number of amides is 1. The van der Waals surface area contributed by atoms with E-state index in [0.29, 0.717) is 12.8 Å². The van der Waals surface area contributed by atoms with Gasteiger partial charge in [0.2, 0.25) is 5.91 Å². The highest BCUT2D eigenvalue weighted by Crippen LogP contribution is 2.08. The van der Waals surface area contributed by atoms with Gasteiger partial charge in [-0.2, -0.15) is 0 Å². The number of benzene rings is 1. The van der Waals surface area contributed by atoms with Gasteiger partial charge < -0.3 is 10.2 Å². The van der Waals surface area contributed by atoms with Gasteiger partial charge in [-0.05, 0) is 44.1 Å². The molecule has 1 fully saturated rings. The fourth-order valence-electron chi connectivity index (χ4n) is 2.26. The Morgan fingerprint density at radius 1 is 1.44 bits per heavy atom. The summed E-state index contributed by atoms with van der Waals surface area (Å²) in [5.74, 6) is -0.156. The highest BCUT2D eigenvalue weighted by atomic mass is 19.1. The van der Waals surface area contributed by atoms with Crippen LogP contribution < -0.4 is 5.32 Å². The molecule has 1 aromatic carbocycles. The molecule has 18 heavy (non-hydrogen) atoms. The summed E-state index contributed by atoms with van der Waals surface area (Å²) in [6.45, 7) is 1.98. The molecule has 0 aliphatic carbocycles. The van der Waals surface area contributed by atoms with Crippen LogP contribution in [0.1, 0.15) is 18.4 Å². The number of nitrogens with one attached hydrogen (secondary N) is 1. The van der Waals surface area contributed by atoms with Crippen molar-refractivity contribution in [1.82, 2.24) is 10.2 Å². The van der Waals surface area contributed by atoms with E-state index in [1.54, 1.807) is 12.1 Å². The van der Waals surface area contributed by atoms with Crippen LogP contribution in [0, 0.1) is 5.82 Å². The standard InChI is InChI=1S/C14H19FN2O/c1-17-9-8-13(10-17)16-14(18)7-4-11-2-5-12(15)6-3-11/h2-3,5-6,13H,4,7-10H2,1H3,(H,16,18). The van der Waals surface area contributed by atoms with Gasteiger partial charge >= 0.3 is 0 Å². The smallest absolute Gasteiger partial charge is 0.220 e. The number of likely N-dealkylation sites (tertiary alicyclic amines) is 1. The molecule has 1 unspecified atom stereocenters. The van der Waals surface area contributed by atoms with E-state index in [0.717, 1.165) is 25.1 Å². The lowest BCUT2D eigenvalue weighted by Crippen LogP contribution is -2.36. The summed E-state index contributed by atoms with van der Waals surface area (Å²) in [4.78, 5) is 14.0. The summed E-state index contributed by atoms with van der Waals surface area (Å²) in [6.07, 6.45) is 2.15. The zero-order chi connectivity index (χ0) is 13.0. The van der Waals surface area contributed by atoms with Crippen LogP contribution in [-0.4, -0.2) is 37.0 Å². The summed E-state index contributed by atoms with van der Waals surface area (Å²) >= 11 is 0. The summed E-state index contributed by atoms with van der Waals surface area (Å²) in [6, 6.07) is 6.60. The molecule has 3 nitrogen and oxygen atoms in total. The fraction of sp³-hybridized carbons (Fsp3) is 0.500. The minimum absolute atomic E-state index is 0.0830. The minimum Gasteiger partial charge on any atom is -0.352 e. The van der Waals surface area contributed by atoms with Crippen molar-refractivity contribution in [1.29, 1.82) is 0 Å². The quantitative estimate of drug-likeness (QED) is 0.880. The lowest BCUT2D eigenvalue weighted by atomic mass is 10.1. The van der Waals surface area contributed by atoms with Gasteiger partial charge in [0, 0.05) is 19.0 Å². The van der Waals surface area contributed by atoms with Crippen LogP contribution in [0.5, 0.6) is 0 Å². The second-order valence-electron chi connectivity index (χ2n) is 4.94. The SMILES string of the molecule is CN1CCC(NC(=O)CCc2ccc(F)cc2)C1. The number of halogens is 1. The Bertz CT molecular complexity index is 405. The fourth-order valence-corrected chi connectivity index (χ4v) is 2.26. The molecule has 0 aromatic heterocycles. The van der Waals surface area contributed by atoms with Gasteiger partial charge in [-0.15, -0.1) is 0 Å². The maximum absolute atomic E-state index is 12.7. The minimum atomic E-state index is -0.239. The molecule has 1 saturated heterocycles. The zero-order valence-electron chi connectivity index (χ0n) is 10.7. The molecular formula is C14H19FN2O. The number of likely N-dealkylation sites (N-methyl/N-ethyl adjacent to an activating group) is 1. The van der Waals surface area contributed by atoms with Gasteiger partial charge in [-0.3, -0.25) is 4.79 Å². The summed E-state index contributed by atoms with van der Waals surface area (Å²) in [5, 5.41) is 3.04. The highest BCUT2D eigenvalue weighted by Gasteiger charge is 2.20. The van der Waals surface area contributed by atoms with Crippen LogP contribution in [0.3, 0.4) is 0 Å². The average Bonchev–Trinajstić information content (AvgIpc) is 2.74. The Labute approximate surface area is 107 Å². The third-order valence-electron chi connectivity index (χ3n) is 3.31. The first-order valence-electron chi connectivity index (χ1n) is 6.36. The van der Waals surface area contributed by atoms with Crippen molar-refractivity contribution >= 4 is 5.91 Å². The summed E-state index contributed by atoms with van der Waals surface area (Å²) in [5.41, 5.74) is 0.995.